The molecule has 0 unspecified atom stereocenters. The molecule has 27 heavy (non-hydrogen) atoms. The summed E-state index contributed by atoms with van der Waals surface area (Å²) in [5.41, 5.74) is 2.11. The highest BCUT2D eigenvalue weighted by Crippen LogP contribution is 2.16. The molecule has 0 saturated heterocycles. The van der Waals surface area contributed by atoms with Crippen LogP contribution in [0.15, 0.2) is 23.3 Å². The highest BCUT2D eigenvalue weighted by atomic mass is 127. The minimum atomic E-state index is -0.0872. The molecule has 0 fully saturated rings. The van der Waals surface area contributed by atoms with Crippen LogP contribution >= 0.6 is 35.3 Å². The number of rotatable bonds is 7. The Kier molecular flexibility index (Phi) is 10.2. The van der Waals surface area contributed by atoms with Crippen LogP contribution in [0, 0.1) is 20.8 Å². The van der Waals surface area contributed by atoms with E-state index in [0.29, 0.717) is 31.3 Å². The molecule has 2 rings (SSSR count). The topological polar surface area (TPSA) is 91.3 Å². The molecule has 148 valence electrons. The van der Waals surface area contributed by atoms with Crippen molar-refractivity contribution in [3.8, 4) is 0 Å². The summed E-state index contributed by atoms with van der Waals surface area (Å²) in [5.74, 6) is 1.16. The number of aromatic nitrogens is 2. The van der Waals surface area contributed by atoms with E-state index in [4.69, 9.17) is 0 Å². The molecule has 7 nitrogen and oxygen atoms in total. The number of hydrogen-bond donors (Lipinski definition) is 3. The highest BCUT2D eigenvalue weighted by molar-refractivity contribution is 14.0. The molecule has 0 aromatic carbocycles. The monoisotopic (exact) mass is 502 g/mol. The third-order valence-corrected chi connectivity index (χ3v) is 4.67. The van der Waals surface area contributed by atoms with Crippen molar-refractivity contribution in [2.75, 3.05) is 18.4 Å². The van der Waals surface area contributed by atoms with Crippen LogP contribution < -0.4 is 16.0 Å². The number of amides is 1. The normalized spacial score (nSPS) is 10.9. The first-order valence-corrected chi connectivity index (χ1v) is 9.47. The number of thiazole rings is 1. The molecule has 2 heterocycles. The molecule has 0 bridgehead atoms. The van der Waals surface area contributed by atoms with E-state index < -0.39 is 0 Å². The molecular weight excluding hydrogens is 475 g/mol. The van der Waals surface area contributed by atoms with E-state index in [-0.39, 0.29) is 29.9 Å². The van der Waals surface area contributed by atoms with Crippen LogP contribution in [0.1, 0.15) is 34.5 Å². The second-order valence-corrected chi connectivity index (χ2v) is 7.18. The summed E-state index contributed by atoms with van der Waals surface area (Å²) in [6, 6.07) is 3.71. The lowest BCUT2D eigenvalue weighted by Crippen LogP contribution is -2.38. The number of pyridine rings is 1. The van der Waals surface area contributed by atoms with Gasteiger partial charge in [-0.2, -0.15) is 0 Å². The Labute approximate surface area is 181 Å². The molecular formula is C18H27IN6OS. The molecule has 0 spiro atoms. The molecule has 0 saturated carbocycles. The minimum Gasteiger partial charge on any atom is -0.357 e. The summed E-state index contributed by atoms with van der Waals surface area (Å²) in [6.45, 7) is 9.78. The molecule has 2 aromatic rings. The first-order valence-electron chi connectivity index (χ1n) is 8.65. The number of hydrogen-bond acceptors (Lipinski definition) is 5. The van der Waals surface area contributed by atoms with E-state index >= 15 is 0 Å². The maximum atomic E-state index is 12.0. The third kappa shape index (κ3) is 8.21. The van der Waals surface area contributed by atoms with Crippen molar-refractivity contribution in [2.24, 2.45) is 4.99 Å². The first kappa shape index (κ1) is 23.3. The Morgan fingerprint density at radius 1 is 1.22 bits per heavy atom. The lowest BCUT2D eigenvalue weighted by Gasteiger charge is -2.11. The van der Waals surface area contributed by atoms with Crippen molar-refractivity contribution in [3.05, 3.63) is 39.5 Å². The molecule has 0 atom stereocenters. The number of anilines is 1. The second kappa shape index (κ2) is 11.9. The molecule has 0 aliphatic carbocycles. The summed E-state index contributed by atoms with van der Waals surface area (Å²) in [4.78, 5) is 26.4. The van der Waals surface area contributed by atoms with Gasteiger partial charge in [-0.15, -0.1) is 35.3 Å². The fraction of sp³-hybridized carbons (Fsp3) is 0.444. The fourth-order valence-corrected chi connectivity index (χ4v) is 3.00. The Balaban J connectivity index is 0.00000364. The number of carbonyl (C=O) groups is 1. The fourth-order valence-electron chi connectivity index (χ4n) is 2.14. The van der Waals surface area contributed by atoms with E-state index in [9.17, 15) is 4.79 Å². The molecule has 2 aromatic heterocycles. The van der Waals surface area contributed by atoms with Gasteiger partial charge in [-0.05, 0) is 39.3 Å². The maximum absolute atomic E-state index is 12.0. The molecule has 1 amide bonds. The van der Waals surface area contributed by atoms with Gasteiger partial charge in [0.2, 0.25) is 5.91 Å². The zero-order valence-corrected chi connectivity index (χ0v) is 19.3. The first-order chi connectivity index (χ1) is 12.5. The number of nitrogens with one attached hydrogen (secondary N) is 3. The van der Waals surface area contributed by atoms with Crippen LogP contribution in [-0.2, 0) is 11.3 Å². The number of nitrogens with zero attached hydrogens (tertiary/aromatic N) is 3. The van der Waals surface area contributed by atoms with Crippen LogP contribution in [0.2, 0.25) is 0 Å². The Hall–Kier alpha value is -1.75. The van der Waals surface area contributed by atoms with Gasteiger partial charge in [0.1, 0.15) is 10.8 Å². The largest absolute Gasteiger partial charge is 0.357 e. The van der Waals surface area contributed by atoms with Crippen LogP contribution in [0.5, 0.6) is 0 Å². The molecule has 0 radical (unpaired) electrons. The van der Waals surface area contributed by atoms with E-state index in [0.717, 1.165) is 22.8 Å². The second-order valence-electron chi connectivity index (χ2n) is 5.89. The zero-order chi connectivity index (χ0) is 18.9. The van der Waals surface area contributed by atoms with Crippen molar-refractivity contribution >= 4 is 53.0 Å². The molecule has 3 N–H and O–H groups in total. The predicted molar refractivity (Wildman–Crippen MR) is 122 cm³/mol. The number of halogens is 1. The van der Waals surface area contributed by atoms with E-state index in [1.54, 1.807) is 23.6 Å². The van der Waals surface area contributed by atoms with E-state index in [1.165, 1.54) is 4.88 Å². The Morgan fingerprint density at radius 3 is 2.59 bits per heavy atom. The van der Waals surface area contributed by atoms with Crippen molar-refractivity contribution in [2.45, 2.75) is 40.7 Å². The van der Waals surface area contributed by atoms with Gasteiger partial charge in [0, 0.05) is 30.6 Å². The predicted octanol–water partition coefficient (Wildman–Crippen LogP) is 3.17. The van der Waals surface area contributed by atoms with Crippen molar-refractivity contribution in [1.29, 1.82) is 0 Å². The lowest BCUT2D eigenvalue weighted by atomic mass is 10.3. The van der Waals surface area contributed by atoms with Gasteiger partial charge in [-0.1, -0.05) is 6.07 Å². The average molecular weight is 502 g/mol. The van der Waals surface area contributed by atoms with Gasteiger partial charge in [0.05, 0.1) is 12.2 Å². The van der Waals surface area contributed by atoms with Gasteiger partial charge in [0.25, 0.3) is 0 Å². The minimum absolute atomic E-state index is 0. The smallest absolute Gasteiger partial charge is 0.227 e. The van der Waals surface area contributed by atoms with Crippen molar-refractivity contribution in [3.63, 3.8) is 0 Å². The van der Waals surface area contributed by atoms with Gasteiger partial charge < -0.3 is 16.0 Å². The van der Waals surface area contributed by atoms with Crippen molar-refractivity contribution in [1.82, 2.24) is 20.6 Å². The van der Waals surface area contributed by atoms with E-state index in [1.807, 2.05) is 26.8 Å². The standard InChI is InChI=1S/C18H26N6OS.HI/c1-5-19-18(22-11-17-23-13(3)14(4)26-17)20-9-8-16(25)24-15-7-6-12(2)10-21-15;/h6-7,10H,5,8-9,11H2,1-4H3,(H2,19,20,22)(H,21,24,25);1H. The number of carbonyl (C=O) groups excluding carboxylic acids is 1. The van der Waals surface area contributed by atoms with Crippen LogP contribution in [0.4, 0.5) is 5.82 Å². The summed E-state index contributed by atoms with van der Waals surface area (Å²) in [7, 11) is 0. The Morgan fingerprint density at radius 2 is 2.00 bits per heavy atom. The zero-order valence-electron chi connectivity index (χ0n) is 16.1. The van der Waals surface area contributed by atoms with Gasteiger partial charge >= 0.3 is 0 Å². The quantitative estimate of drug-likeness (QED) is 0.308. The molecule has 0 aliphatic rings. The summed E-state index contributed by atoms with van der Waals surface area (Å²) < 4.78 is 0. The van der Waals surface area contributed by atoms with Gasteiger partial charge in [0.15, 0.2) is 5.96 Å². The molecule has 0 aliphatic heterocycles. The highest BCUT2D eigenvalue weighted by Gasteiger charge is 2.06. The van der Waals surface area contributed by atoms with Crippen molar-refractivity contribution < 1.29 is 4.79 Å². The number of guanidine groups is 1. The summed E-state index contributed by atoms with van der Waals surface area (Å²) in [5, 5.41) is 10.1. The SMILES string of the molecule is CCNC(=NCc1nc(C)c(C)s1)NCCC(=O)Nc1ccc(C)cn1.I. The average Bonchev–Trinajstić information content (AvgIpc) is 2.93. The molecule has 9 heteroatoms. The van der Waals surface area contributed by atoms with E-state index in [2.05, 4.69) is 37.8 Å². The third-order valence-electron chi connectivity index (χ3n) is 3.61. The van der Waals surface area contributed by atoms with Gasteiger partial charge in [-0.3, -0.25) is 4.79 Å². The number of aliphatic imine (C=N–C) groups is 1. The summed E-state index contributed by atoms with van der Waals surface area (Å²) in [6.07, 6.45) is 2.06. The maximum Gasteiger partial charge on any atom is 0.227 e. The van der Waals surface area contributed by atoms with Crippen LogP contribution in [0.3, 0.4) is 0 Å². The number of aryl methyl sites for hydroxylation is 3. The van der Waals surface area contributed by atoms with Crippen LogP contribution in [-0.4, -0.2) is 34.9 Å². The Bertz CT molecular complexity index is 740. The van der Waals surface area contributed by atoms with Crippen LogP contribution in [0.25, 0.3) is 0 Å². The summed E-state index contributed by atoms with van der Waals surface area (Å²) >= 11 is 1.66. The van der Waals surface area contributed by atoms with Gasteiger partial charge in [-0.25, -0.2) is 15.0 Å². The lowest BCUT2D eigenvalue weighted by molar-refractivity contribution is -0.116.